The van der Waals surface area contributed by atoms with Gasteiger partial charge in [0.15, 0.2) is 0 Å². The molecular formula is C14H16N2O3. The molecule has 0 saturated carbocycles. The number of hydrogen-bond donors (Lipinski definition) is 1. The van der Waals surface area contributed by atoms with E-state index in [0.29, 0.717) is 6.54 Å². The third kappa shape index (κ3) is 3.19. The van der Waals surface area contributed by atoms with Crippen molar-refractivity contribution < 1.29 is 14.7 Å². The zero-order valence-electron chi connectivity index (χ0n) is 10.7. The summed E-state index contributed by atoms with van der Waals surface area (Å²) in [4.78, 5) is 28.5. The van der Waals surface area contributed by atoms with E-state index in [0.717, 1.165) is 5.56 Å². The van der Waals surface area contributed by atoms with Crippen molar-refractivity contribution in [3.8, 4) is 0 Å². The van der Waals surface area contributed by atoms with E-state index >= 15 is 0 Å². The Bertz CT molecular complexity index is 499. The lowest BCUT2D eigenvalue weighted by atomic mass is 9.99. The minimum absolute atomic E-state index is 0.00626. The molecule has 1 amide bonds. The van der Waals surface area contributed by atoms with E-state index in [2.05, 4.69) is 4.98 Å². The van der Waals surface area contributed by atoms with Crippen molar-refractivity contribution in [3.63, 3.8) is 0 Å². The van der Waals surface area contributed by atoms with Gasteiger partial charge in [-0.1, -0.05) is 13.0 Å². The Morgan fingerprint density at radius 1 is 1.47 bits per heavy atom. The standard InChI is InChI=1S/C14H16N2O3/c1-10-8-16(9-12(10)14(18)19)13(17)5-4-11-3-2-6-15-7-11/h2-7,10,12H,8-9H2,1H3,(H,18,19). The number of likely N-dealkylation sites (tertiary alicyclic amines) is 1. The van der Waals surface area contributed by atoms with E-state index in [4.69, 9.17) is 5.11 Å². The lowest BCUT2D eigenvalue weighted by molar-refractivity contribution is -0.142. The predicted molar refractivity (Wildman–Crippen MR) is 70.1 cm³/mol. The van der Waals surface area contributed by atoms with Crippen LogP contribution in [0.2, 0.25) is 0 Å². The number of carbonyl (C=O) groups is 2. The molecule has 19 heavy (non-hydrogen) atoms. The number of carboxylic acid groups (broad SMARTS) is 1. The van der Waals surface area contributed by atoms with Crippen molar-refractivity contribution in [2.24, 2.45) is 11.8 Å². The average molecular weight is 260 g/mol. The maximum atomic E-state index is 12.0. The molecule has 0 spiro atoms. The predicted octanol–water partition coefficient (Wildman–Crippen LogP) is 1.27. The molecular weight excluding hydrogens is 244 g/mol. The van der Waals surface area contributed by atoms with Crippen LogP contribution in [0.1, 0.15) is 12.5 Å². The highest BCUT2D eigenvalue weighted by molar-refractivity contribution is 5.92. The van der Waals surface area contributed by atoms with Gasteiger partial charge >= 0.3 is 5.97 Å². The molecule has 1 aromatic heterocycles. The molecule has 0 radical (unpaired) electrons. The van der Waals surface area contributed by atoms with Crippen molar-refractivity contribution in [3.05, 3.63) is 36.2 Å². The molecule has 0 bridgehead atoms. The second-order valence-electron chi connectivity index (χ2n) is 4.78. The summed E-state index contributed by atoms with van der Waals surface area (Å²) in [7, 11) is 0. The third-order valence-corrected chi connectivity index (χ3v) is 3.34. The molecule has 2 heterocycles. The molecule has 5 heteroatoms. The number of aliphatic carboxylic acids is 1. The van der Waals surface area contributed by atoms with Gasteiger partial charge in [0.05, 0.1) is 5.92 Å². The molecule has 0 aliphatic carbocycles. The fourth-order valence-electron chi connectivity index (χ4n) is 2.22. The number of carboxylic acids is 1. The van der Waals surface area contributed by atoms with Gasteiger partial charge in [-0.2, -0.15) is 0 Å². The molecule has 1 aliphatic rings. The van der Waals surface area contributed by atoms with E-state index in [1.165, 1.54) is 6.08 Å². The summed E-state index contributed by atoms with van der Waals surface area (Å²) in [6.07, 6.45) is 6.48. The van der Waals surface area contributed by atoms with E-state index < -0.39 is 11.9 Å². The summed E-state index contributed by atoms with van der Waals surface area (Å²) in [5.74, 6) is -1.46. The molecule has 2 unspecified atom stereocenters. The Hall–Kier alpha value is -2.17. The van der Waals surface area contributed by atoms with Gasteiger partial charge in [-0.25, -0.2) is 0 Å². The topological polar surface area (TPSA) is 70.5 Å². The molecule has 2 atom stereocenters. The molecule has 1 aromatic rings. The average Bonchev–Trinajstić information content (AvgIpc) is 2.79. The highest BCUT2D eigenvalue weighted by Crippen LogP contribution is 2.23. The van der Waals surface area contributed by atoms with Crippen LogP contribution in [0.4, 0.5) is 0 Å². The quantitative estimate of drug-likeness (QED) is 0.831. The Kier molecular flexibility index (Phi) is 3.94. The lowest BCUT2D eigenvalue weighted by Gasteiger charge is -2.12. The summed E-state index contributed by atoms with van der Waals surface area (Å²) in [6, 6.07) is 3.64. The van der Waals surface area contributed by atoms with Crippen molar-refractivity contribution >= 4 is 18.0 Å². The Balaban J connectivity index is 1.98. The number of hydrogen-bond acceptors (Lipinski definition) is 3. The van der Waals surface area contributed by atoms with Gasteiger partial charge in [-0.3, -0.25) is 14.6 Å². The van der Waals surface area contributed by atoms with E-state index in [9.17, 15) is 9.59 Å². The molecule has 5 nitrogen and oxygen atoms in total. The minimum atomic E-state index is -0.834. The van der Waals surface area contributed by atoms with Gasteiger partial charge in [-0.05, 0) is 23.6 Å². The van der Waals surface area contributed by atoms with Gasteiger partial charge in [0.2, 0.25) is 5.91 Å². The first-order valence-electron chi connectivity index (χ1n) is 6.17. The molecule has 1 saturated heterocycles. The number of carbonyl (C=O) groups excluding carboxylic acids is 1. The van der Waals surface area contributed by atoms with Gasteiger partial charge < -0.3 is 10.0 Å². The molecule has 0 aromatic carbocycles. The third-order valence-electron chi connectivity index (χ3n) is 3.34. The summed E-state index contributed by atoms with van der Waals surface area (Å²) in [5, 5.41) is 9.03. The van der Waals surface area contributed by atoms with Gasteiger partial charge in [0.25, 0.3) is 0 Å². The summed E-state index contributed by atoms with van der Waals surface area (Å²) in [5.41, 5.74) is 0.845. The molecule has 100 valence electrons. The second-order valence-corrected chi connectivity index (χ2v) is 4.78. The fraction of sp³-hybridized carbons (Fsp3) is 0.357. The second kappa shape index (κ2) is 5.65. The largest absolute Gasteiger partial charge is 0.481 e. The number of nitrogens with zero attached hydrogens (tertiary/aromatic N) is 2. The van der Waals surface area contributed by atoms with Crippen molar-refractivity contribution in [2.75, 3.05) is 13.1 Å². The Labute approximate surface area is 111 Å². The maximum Gasteiger partial charge on any atom is 0.308 e. The van der Waals surface area contributed by atoms with Crippen LogP contribution >= 0.6 is 0 Å². The normalized spacial score (nSPS) is 22.9. The van der Waals surface area contributed by atoms with Crippen molar-refractivity contribution in [1.29, 1.82) is 0 Å². The minimum Gasteiger partial charge on any atom is -0.481 e. The Morgan fingerprint density at radius 3 is 2.84 bits per heavy atom. The van der Waals surface area contributed by atoms with Crippen LogP contribution in [-0.4, -0.2) is 40.0 Å². The highest BCUT2D eigenvalue weighted by Gasteiger charge is 2.36. The molecule has 1 fully saturated rings. The van der Waals surface area contributed by atoms with Crippen LogP contribution in [-0.2, 0) is 9.59 Å². The SMILES string of the molecule is CC1CN(C(=O)C=Cc2cccnc2)CC1C(=O)O. The van der Waals surface area contributed by atoms with Crippen LogP contribution in [0.15, 0.2) is 30.6 Å². The monoisotopic (exact) mass is 260 g/mol. The molecule has 1 N–H and O–H groups in total. The van der Waals surface area contributed by atoms with Crippen LogP contribution in [0, 0.1) is 11.8 Å². The number of rotatable bonds is 3. The van der Waals surface area contributed by atoms with E-state index in [1.807, 2.05) is 13.0 Å². The summed E-state index contributed by atoms with van der Waals surface area (Å²) >= 11 is 0. The zero-order chi connectivity index (χ0) is 13.8. The zero-order valence-corrected chi connectivity index (χ0v) is 10.7. The first-order chi connectivity index (χ1) is 9.08. The fourth-order valence-corrected chi connectivity index (χ4v) is 2.22. The highest BCUT2D eigenvalue weighted by atomic mass is 16.4. The Morgan fingerprint density at radius 2 is 2.26 bits per heavy atom. The van der Waals surface area contributed by atoms with E-state index in [-0.39, 0.29) is 18.4 Å². The lowest BCUT2D eigenvalue weighted by Crippen LogP contribution is -2.28. The number of aromatic nitrogens is 1. The van der Waals surface area contributed by atoms with Gasteiger partial charge in [0, 0.05) is 31.6 Å². The summed E-state index contributed by atoms with van der Waals surface area (Å²) in [6.45, 7) is 2.64. The maximum absolute atomic E-state index is 12.0. The van der Waals surface area contributed by atoms with Crippen molar-refractivity contribution in [2.45, 2.75) is 6.92 Å². The van der Waals surface area contributed by atoms with Crippen LogP contribution < -0.4 is 0 Å². The van der Waals surface area contributed by atoms with Crippen LogP contribution in [0.3, 0.4) is 0 Å². The van der Waals surface area contributed by atoms with Gasteiger partial charge in [-0.15, -0.1) is 0 Å². The number of amides is 1. The van der Waals surface area contributed by atoms with Crippen LogP contribution in [0.25, 0.3) is 6.08 Å². The smallest absolute Gasteiger partial charge is 0.308 e. The molecule has 2 rings (SSSR count). The van der Waals surface area contributed by atoms with Gasteiger partial charge in [0.1, 0.15) is 0 Å². The van der Waals surface area contributed by atoms with Crippen LogP contribution in [0.5, 0.6) is 0 Å². The van der Waals surface area contributed by atoms with Crippen molar-refractivity contribution in [1.82, 2.24) is 9.88 Å². The first-order valence-corrected chi connectivity index (χ1v) is 6.17. The first kappa shape index (κ1) is 13.3. The summed E-state index contributed by atoms with van der Waals surface area (Å²) < 4.78 is 0. The number of pyridine rings is 1. The molecule has 1 aliphatic heterocycles. The van der Waals surface area contributed by atoms with E-state index in [1.54, 1.807) is 29.4 Å².